The van der Waals surface area contributed by atoms with Crippen molar-refractivity contribution in [1.29, 1.82) is 0 Å². The van der Waals surface area contributed by atoms with Crippen LogP contribution in [-0.2, 0) is 6.54 Å². The Morgan fingerprint density at radius 2 is 1.96 bits per heavy atom. The van der Waals surface area contributed by atoms with Crippen LogP contribution in [0.25, 0.3) is 5.69 Å². The first kappa shape index (κ1) is 17.7. The van der Waals surface area contributed by atoms with Crippen molar-refractivity contribution in [2.75, 3.05) is 26.7 Å². The fourth-order valence-corrected chi connectivity index (χ4v) is 4.96. The van der Waals surface area contributed by atoms with Gasteiger partial charge in [-0.15, -0.1) is 0 Å². The van der Waals surface area contributed by atoms with Gasteiger partial charge in [-0.2, -0.15) is 5.10 Å². The van der Waals surface area contributed by atoms with E-state index in [9.17, 15) is 0 Å². The van der Waals surface area contributed by atoms with Crippen LogP contribution in [0.2, 0.25) is 0 Å². The number of benzene rings is 1. The summed E-state index contributed by atoms with van der Waals surface area (Å²) in [5.74, 6) is 0.834. The third-order valence-corrected chi connectivity index (χ3v) is 6.23. The normalized spacial score (nSPS) is 24.0. The fourth-order valence-electron chi connectivity index (χ4n) is 4.96. The molecule has 0 amide bonds. The molecule has 0 radical (unpaired) electrons. The summed E-state index contributed by atoms with van der Waals surface area (Å²) in [5, 5.41) is 4.59. The molecule has 2 aliphatic heterocycles. The predicted molar refractivity (Wildman–Crippen MR) is 107 cm³/mol. The highest BCUT2D eigenvalue weighted by Crippen LogP contribution is 2.31. The first-order chi connectivity index (χ1) is 12.7. The van der Waals surface area contributed by atoms with Gasteiger partial charge in [0.1, 0.15) is 0 Å². The van der Waals surface area contributed by atoms with Crippen molar-refractivity contribution in [1.82, 2.24) is 19.6 Å². The third-order valence-electron chi connectivity index (χ3n) is 6.23. The Morgan fingerprint density at radius 1 is 1.12 bits per heavy atom. The van der Waals surface area contributed by atoms with Crippen LogP contribution in [0.15, 0.2) is 36.7 Å². The molecule has 0 N–H and O–H groups in total. The van der Waals surface area contributed by atoms with E-state index in [4.69, 9.17) is 0 Å². The van der Waals surface area contributed by atoms with Crippen molar-refractivity contribution in [3.05, 3.63) is 47.8 Å². The Kier molecular flexibility index (Phi) is 5.41. The molecule has 4 nitrogen and oxygen atoms in total. The van der Waals surface area contributed by atoms with Gasteiger partial charge in [-0.25, -0.2) is 4.68 Å². The molecule has 1 aromatic heterocycles. The molecule has 26 heavy (non-hydrogen) atoms. The standard InChI is InChI=1S/C22H32N4/c1-18-8-3-4-10-21(18)26-16-19(14-23-26)15-24(2)17-20-9-7-13-25-12-6-5-11-22(20)25/h3-4,8,10,14,16,20,22H,5-7,9,11-13,15,17H2,1-2H3/t20-,22+/m0/s1. The van der Waals surface area contributed by atoms with E-state index in [2.05, 4.69) is 59.3 Å². The summed E-state index contributed by atoms with van der Waals surface area (Å²) in [6.45, 7) is 6.98. The van der Waals surface area contributed by atoms with E-state index in [-0.39, 0.29) is 0 Å². The van der Waals surface area contributed by atoms with Gasteiger partial charge in [0.25, 0.3) is 0 Å². The second-order valence-corrected chi connectivity index (χ2v) is 8.28. The van der Waals surface area contributed by atoms with Crippen LogP contribution in [0.1, 0.15) is 43.2 Å². The monoisotopic (exact) mass is 352 g/mol. The number of aryl methyl sites for hydroxylation is 1. The Balaban J connectivity index is 1.38. The summed E-state index contributed by atoms with van der Waals surface area (Å²) in [6.07, 6.45) is 11.2. The lowest BCUT2D eigenvalue weighted by molar-refractivity contribution is 0.0435. The van der Waals surface area contributed by atoms with Crippen LogP contribution in [-0.4, -0.2) is 52.3 Å². The van der Waals surface area contributed by atoms with Gasteiger partial charge >= 0.3 is 0 Å². The first-order valence-electron chi connectivity index (χ1n) is 10.2. The number of piperidine rings is 2. The molecule has 1 aromatic carbocycles. The zero-order chi connectivity index (χ0) is 17.9. The molecule has 0 unspecified atom stereocenters. The average Bonchev–Trinajstić information content (AvgIpc) is 3.10. The molecule has 2 aromatic rings. The fraction of sp³-hybridized carbons (Fsp3) is 0.591. The topological polar surface area (TPSA) is 24.3 Å². The molecule has 0 aliphatic carbocycles. The zero-order valence-corrected chi connectivity index (χ0v) is 16.3. The van der Waals surface area contributed by atoms with Crippen molar-refractivity contribution in [3.63, 3.8) is 0 Å². The molecule has 2 fully saturated rings. The van der Waals surface area contributed by atoms with E-state index in [0.717, 1.165) is 18.5 Å². The summed E-state index contributed by atoms with van der Waals surface area (Å²) in [4.78, 5) is 5.27. The molecule has 0 spiro atoms. The second-order valence-electron chi connectivity index (χ2n) is 8.28. The third kappa shape index (κ3) is 3.86. The minimum absolute atomic E-state index is 0.828. The van der Waals surface area contributed by atoms with Crippen LogP contribution in [0.3, 0.4) is 0 Å². The highest BCUT2D eigenvalue weighted by atomic mass is 15.3. The molecule has 4 heteroatoms. The number of rotatable bonds is 5. The quantitative estimate of drug-likeness (QED) is 0.816. The summed E-state index contributed by atoms with van der Waals surface area (Å²) in [7, 11) is 2.27. The average molecular weight is 353 g/mol. The molecule has 0 bridgehead atoms. The molecule has 2 atom stereocenters. The smallest absolute Gasteiger partial charge is 0.0674 e. The number of hydrogen-bond donors (Lipinski definition) is 0. The van der Waals surface area contributed by atoms with E-state index in [1.165, 1.54) is 68.6 Å². The lowest BCUT2D eigenvalue weighted by Gasteiger charge is -2.45. The minimum atomic E-state index is 0.828. The van der Waals surface area contributed by atoms with Gasteiger partial charge in [-0.3, -0.25) is 0 Å². The summed E-state index contributed by atoms with van der Waals surface area (Å²) in [6, 6.07) is 9.26. The molecular weight excluding hydrogens is 320 g/mol. The molecule has 140 valence electrons. The van der Waals surface area contributed by atoms with Gasteiger partial charge in [0, 0.05) is 30.9 Å². The second kappa shape index (κ2) is 7.93. The van der Waals surface area contributed by atoms with Gasteiger partial charge in [0.05, 0.1) is 11.9 Å². The Hall–Kier alpha value is -1.65. The maximum Gasteiger partial charge on any atom is 0.0674 e. The van der Waals surface area contributed by atoms with E-state index in [1.807, 2.05) is 10.9 Å². The van der Waals surface area contributed by atoms with E-state index < -0.39 is 0 Å². The van der Waals surface area contributed by atoms with Gasteiger partial charge in [-0.05, 0) is 70.3 Å². The highest BCUT2D eigenvalue weighted by molar-refractivity contribution is 5.39. The van der Waals surface area contributed by atoms with Crippen LogP contribution in [0.4, 0.5) is 0 Å². The number of nitrogens with zero attached hydrogens (tertiary/aromatic N) is 4. The van der Waals surface area contributed by atoms with E-state index in [1.54, 1.807) is 0 Å². The van der Waals surface area contributed by atoms with Crippen molar-refractivity contribution >= 4 is 0 Å². The maximum absolute atomic E-state index is 4.59. The van der Waals surface area contributed by atoms with Crippen molar-refractivity contribution in [2.45, 2.75) is 51.6 Å². The van der Waals surface area contributed by atoms with Crippen LogP contribution in [0, 0.1) is 12.8 Å². The molecule has 4 rings (SSSR count). The van der Waals surface area contributed by atoms with Crippen molar-refractivity contribution in [3.8, 4) is 5.69 Å². The van der Waals surface area contributed by atoms with Crippen LogP contribution < -0.4 is 0 Å². The van der Waals surface area contributed by atoms with Gasteiger partial charge in [0.2, 0.25) is 0 Å². The number of aromatic nitrogens is 2. The molecule has 2 aliphatic rings. The molecule has 0 saturated carbocycles. The summed E-state index contributed by atoms with van der Waals surface area (Å²) >= 11 is 0. The SMILES string of the molecule is Cc1ccccc1-n1cc(CN(C)C[C@@H]2CCCN3CCCC[C@H]23)cn1. The lowest BCUT2D eigenvalue weighted by atomic mass is 9.83. The number of hydrogen-bond acceptors (Lipinski definition) is 3. The molecule has 2 saturated heterocycles. The number of para-hydroxylation sites is 1. The maximum atomic E-state index is 4.59. The Bertz CT molecular complexity index is 720. The Labute approximate surface area is 157 Å². The van der Waals surface area contributed by atoms with Gasteiger partial charge in [-0.1, -0.05) is 24.6 Å². The van der Waals surface area contributed by atoms with Gasteiger partial charge < -0.3 is 9.80 Å². The molecular formula is C22H32N4. The largest absolute Gasteiger partial charge is 0.302 e. The van der Waals surface area contributed by atoms with Crippen LogP contribution >= 0.6 is 0 Å². The zero-order valence-electron chi connectivity index (χ0n) is 16.3. The van der Waals surface area contributed by atoms with E-state index in [0.29, 0.717) is 0 Å². The lowest BCUT2D eigenvalue weighted by Crippen LogP contribution is -2.50. The van der Waals surface area contributed by atoms with Gasteiger partial charge in [0.15, 0.2) is 0 Å². The first-order valence-corrected chi connectivity index (χ1v) is 10.2. The summed E-state index contributed by atoms with van der Waals surface area (Å²) < 4.78 is 2.02. The molecule has 3 heterocycles. The minimum Gasteiger partial charge on any atom is -0.302 e. The van der Waals surface area contributed by atoms with Crippen LogP contribution in [0.5, 0.6) is 0 Å². The van der Waals surface area contributed by atoms with Crippen molar-refractivity contribution in [2.24, 2.45) is 5.92 Å². The predicted octanol–water partition coefficient (Wildman–Crippen LogP) is 3.88. The highest BCUT2D eigenvalue weighted by Gasteiger charge is 2.33. The van der Waals surface area contributed by atoms with E-state index >= 15 is 0 Å². The number of fused-ring (bicyclic) bond motifs is 1. The Morgan fingerprint density at radius 3 is 2.85 bits per heavy atom. The summed E-state index contributed by atoms with van der Waals surface area (Å²) in [5.41, 5.74) is 3.73. The van der Waals surface area contributed by atoms with Crippen molar-refractivity contribution < 1.29 is 0 Å².